The average Bonchev–Trinajstić information content (AvgIpc) is 2.29. The Kier molecular flexibility index (Phi) is 3.01. The van der Waals surface area contributed by atoms with E-state index in [1.165, 1.54) is 6.33 Å². The van der Waals surface area contributed by atoms with Crippen LogP contribution in [0.1, 0.15) is 0 Å². The van der Waals surface area contributed by atoms with Crippen molar-refractivity contribution in [3.63, 3.8) is 0 Å². The molecule has 2 rings (SSSR count). The van der Waals surface area contributed by atoms with E-state index < -0.39 is 0 Å². The van der Waals surface area contributed by atoms with Crippen molar-refractivity contribution in [2.75, 3.05) is 19.0 Å². The molecule has 0 radical (unpaired) electrons. The zero-order valence-corrected chi connectivity index (χ0v) is 9.81. The molecule has 0 aliphatic heterocycles. The smallest absolute Gasteiger partial charge is 0.228 e. The zero-order chi connectivity index (χ0) is 11.5. The zero-order valence-electron chi connectivity index (χ0n) is 9.05. The molecule has 1 aromatic carbocycles. The summed E-state index contributed by atoms with van der Waals surface area (Å²) in [4.78, 5) is 14.3. The maximum atomic E-state index is 5.92. The second kappa shape index (κ2) is 4.45. The fourth-order valence-corrected chi connectivity index (χ4v) is 1.46. The third-order valence-electron chi connectivity index (χ3n) is 2.04. The number of rotatable bonds is 2. The highest BCUT2D eigenvalue weighted by Crippen LogP contribution is 2.19. The second-order valence-corrected chi connectivity index (χ2v) is 3.95. The molecule has 16 heavy (non-hydrogen) atoms. The molecule has 0 unspecified atom stereocenters. The third-order valence-corrected chi connectivity index (χ3v) is 2.28. The molecule has 0 fully saturated rings. The number of nitrogens with zero attached hydrogens (tertiary/aromatic N) is 4. The Balaban J connectivity index is 2.44. The van der Waals surface area contributed by atoms with E-state index in [2.05, 4.69) is 15.0 Å². The molecule has 4 nitrogen and oxygen atoms in total. The van der Waals surface area contributed by atoms with Crippen molar-refractivity contribution in [3.8, 4) is 11.4 Å². The summed E-state index contributed by atoms with van der Waals surface area (Å²) in [5.74, 6) is 1.26. The highest BCUT2D eigenvalue weighted by atomic mass is 35.5. The molecule has 0 saturated carbocycles. The number of benzene rings is 1. The van der Waals surface area contributed by atoms with Gasteiger partial charge in [-0.2, -0.15) is 4.98 Å². The molecule has 0 spiro atoms. The summed E-state index contributed by atoms with van der Waals surface area (Å²) in [6, 6.07) is 7.44. The molecule has 0 atom stereocenters. The molecular weight excluding hydrogens is 224 g/mol. The van der Waals surface area contributed by atoms with Crippen LogP contribution in [-0.2, 0) is 0 Å². The molecule has 1 heterocycles. The van der Waals surface area contributed by atoms with E-state index in [0.717, 1.165) is 5.56 Å². The first-order valence-electron chi connectivity index (χ1n) is 4.79. The lowest BCUT2D eigenvalue weighted by Crippen LogP contribution is -2.13. The van der Waals surface area contributed by atoms with E-state index in [1.807, 2.05) is 43.3 Å². The summed E-state index contributed by atoms with van der Waals surface area (Å²) in [6.45, 7) is 0. The largest absolute Gasteiger partial charge is 0.347 e. The normalized spacial score (nSPS) is 10.2. The Morgan fingerprint density at radius 3 is 2.69 bits per heavy atom. The quantitative estimate of drug-likeness (QED) is 0.799. The lowest BCUT2D eigenvalue weighted by molar-refractivity contribution is 0.961. The van der Waals surface area contributed by atoms with Gasteiger partial charge in [-0.3, -0.25) is 0 Å². The molecule has 5 heteroatoms. The molecule has 82 valence electrons. The van der Waals surface area contributed by atoms with Crippen LogP contribution < -0.4 is 4.90 Å². The predicted molar refractivity (Wildman–Crippen MR) is 64.6 cm³/mol. The maximum Gasteiger partial charge on any atom is 0.228 e. The fraction of sp³-hybridized carbons (Fsp3) is 0.182. The minimum atomic E-state index is 0.626. The molecule has 0 aliphatic rings. The van der Waals surface area contributed by atoms with Crippen LogP contribution in [0.5, 0.6) is 0 Å². The summed E-state index contributed by atoms with van der Waals surface area (Å²) in [6.07, 6.45) is 1.50. The van der Waals surface area contributed by atoms with Crippen LogP contribution in [0.25, 0.3) is 11.4 Å². The van der Waals surface area contributed by atoms with Crippen LogP contribution in [0.2, 0.25) is 5.02 Å². The van der Waals surface area contributed by atoms with Gasteiger partial charge in [0.2, 0.25) is 5.95 Å². The van der Waals surface area contributed by atoms with Crippen molar-refractivity contribution in [1.82, 2.24) is 15.0 Å². The molecular formula is C11H11ClN4. The van der Waals surface area contributed by atoms with Gasteiger partial charge >= 0.3 is 0 Å². The van der Waals surface area contributed by atoms with Crippen molar-refractivity contribution in [3.05, 3.63) is 35.6 Å². The van der Waals surface area contributed by atoms with Crippen LogP contribution >= 0.6 is 11.6 Å². The van der Waals surface area contributed by atoms with Gasteiger partial charge in [0.15, 0.2) is 5.82 Å². The Bertz CT molecular complexity index is 499. The monoisotopic (exact) mass is 234 g/mol. The van der Waals surface area contributed by atoms with Crippen LogP contribution in [0.4, 0.5) is 5.95 Å². The second-order valence-electron chi connectivity index (χ2n) is 3.51. The van der Waals surface area contributed by atoms with Crippen LogP contribution in [0, 0.1) is 0 Å². The van der Waals surface area contributed by atoms with Gasteiger partial charge in [-0.05, 0) is 12.1 Å². The highest BCUT2D eigenvalue weighted by Gasteiger charge is 2.05. The number of aromatic nitrogens is 3. The van der Waals surface area contributed by atoms with E-state index in [1.54, 1.807) is 0 Å². The van der Waals surface area contributed by atoms with Gasteiger partial charge in [0.25, 0.3) is 0 Å². The Morgan fingerprint density at radius 2 is 2.00 bits per heavy atom. The molecule has 2 aromatic rings. The number of hydrogen-bond donors (Lipinski definition) is 0. The van der Waals surface area contributed by atoms with E-state index in [0.29, 0.717) is 16.8 Å². The lowest BCUT2D eigenvalue weighted by atomic mass is 10.2. The Morgan fingerprint density at radius 1 is 1.19 bits per heavy atom. The standard InChI is InChI=1S/C11H11ClN4/c1-16(2)11-14-7-13-10(15-11)8-4-3-5-9(12)6-8/h3-7H,1-2H3. The van der Waals surface area contributed by atoms with Gasteiger partial charge in [0, 0.05) is 24.7 Å². The number of halogens is 1. The van der Waals surface area contributed by atoms with E-state index in [-0.39, 0.29) is 0 Å². The first-order chi connectivity index (χ1) is 7.66. The number of anilines is 1. The fourth-order valence-electron chi connectivity index (χ4n) is 1.27. The SMILES string of the molecule is CN(C)c1ncnc(-c2cccc(Cl)c2)n1. The molecule has 0 amide bonds. The molecule has 0 bridgehead atoms. The summed E-state index contributed by atoms with van der Waals surface area (Å²) < 4.78 is 0. The Labute approximate surface area is 98.9 Å². The van der Waals surface area contributed by atoms with Gasteiger partial charge in [-0.15, -0.1) is 0 Å². The van der Waals surface area contributed by atoms with Crippen LogP contribution in [0.3, 0.4) is 0 Å². The van der Waals surface area contributed by atoms with E-state index >= 15 is 0 Å². The molecule has 0 N–H and O–H groups in total. The average molecular weight is 235 g/mol. The van der Waals surface area contributed by atoms with Crippen molar-refractivity contribution >= 4 is 17.5 Å². The van der Waals surface area contributed by atoms with Crippen LogP contribution in [0.15, 0.2) is 30.6 Å². The summed E-state index contributed by atoms with van der Waals surface area (Å²) in [7, 11) is 3.77. The lowest BCUT2D eigenvalue weighted by Gasteiger charge is -2.09. The summed E-state index contributed by atoms with van der Waals surface area (Å²) in [5.41, 5.74) is 0.887. The first kappa shape index (κ1) is 10.8. The van der Waals surface area contributed by atoms with Gasteiger partial charge in [-0.25, -0.2) is 9.97 Å². The summed E-state index contributed by atoms with van der Waals surface area (Å²) >= 11 is 5.92. The highest BCUT2D eigenvalue weighted by molar-refractivity contribution is 6.30. The molecule has 0 saturated heterocycles. The minimum Gasteiger partial charge on any atom is -0.347 e. The van der Waals surface area contributed by atoms with Gasteiger partial charge in [0.05, 0.1) is 0 Å². The van der Waals surface area contributed by atoms with E-state index in [4.69, 9.17) is 11.6 Å². The predicted octanol–water partition coefficient (Wildman–Crippen LogP) is 2.26. The van der Waals surface area contributed by atoms with Gasteiger partial charge in [0.1, 0.15) is 6.33 Å². The maximum absolute atomic E-state index is 5.92. The van der Waals surface area contributed by atoms with Crippen LogP contribution in [-0.4, -0.2) is 29.0 Å². The third kappa shape index (κ3) is 2.28. The van der Waals surface area contributed by atoms with E-state index in [9.17, 15) is 0 Å². The van der Waals surface area contributed by atoms with Crippen molar-refractivity contribution < 1.29 is 0 Å². The Hall–Kier alpha value is -1.68. The number of hydrogen-bond acceptors (Lipinski definition) is 4. The van der Waals surface area contributed by atoms with Gasteiger partial charge in [-0.1, -0.05) is 23.7 Å². The van der Waals surface area contributed by atoms with Crippen molar-refractivity contribution in [1.29, 1.82) is 0 Å². The first-order valence-corrected chi connectivity index (χ1v) is 5.17. The van der Waals surface area contributed by atoms with Crippen molar-refractivity contribution in [2.45, 2.75) is 0 Å². The molecule has 0 aliphatic carbocycles. The summed E-state index contributed by atoms with van der Waals surface area (Å²) in [5, 5.41) is 0.671. The molecule has 1 aromatic heterocycles. The van der Waals surface area contributed by atoms with Gasteiger partial charge < -0.3 is 4.90 Å². The minimum absolute atomic E-state index is 0.626. The topological polar surface area (TPSA) is 41.9 Å². The van der Waals surface area contributed by atoms with Crippen molar-refractivity contribution in [2.24, 2.45) is 0 Å².